The number of hydrogen-bond acceptors (Lipinski definition) is 6. The molecule has 1 heterocycles. The Morgan fingerprint density at radius 1 is 1.11 bits per heavy atom. The first-order valence-corrected chi connectivity index (χ1v) is 10.5. The van der Waals surface area contributed by atoms with Crippen LogP contribution in [0.5, 0.6) is 5.75 Å². The van der Waals surface area contributed by atoms with E-state index in [2.05, 4.69) is 29.2 Å². The summed E-state index contributed by atoms with van der Waals surface area (Å²) in [5, 5.41) is 4.03. The molecule has 0 saturated carbocycles. The second kappa shape index (κ2) is 7.92. The summed E-state index contributed by atoms with van der Waals surface area (Å²) in [7, 11) is -1.89. The van der Waals surface area contributed by atoms with Crippen molar-refractivity contribution in [1.29, 1.82) is 0 Å². The Morgan fingerprint density at radius 2 is 1.89 bits per heavy atom. The second-order valence-corrected chi connectivity index (χ2v) is 8.45. The number of benzene rings is 2. The molecule has 0 radical (unpaired) electrons. The van der Waals surface area contributed by atoms with E-state index < -0.39 is 9.84 Å². The maximum atomic E-state index is 11.8. The maximum Gasteiger partial charge on any atom is 0.226 e. The Hall–Kier alpha value is -2.67. The van der Waals surface area contributed by atoms with Gasteiger partial charge in [0.05, 0.1) is 7.11 Å². The molecule has 0 spiro atoms. The largest absolute Gasteiger partial charge is 0.495 e. The van der Waals surface area contributed by atoms with Gasteiger partial charge in [0.2, 0.25) is 5.89 Å². The van der Waals surface area contributed by atoms with Gasteiger partial charge in [-0.3, -0.25) is 0 Å². The molecule has 3 rings (SSSR count). The van der Waals surface area contributed by atoms with Crippen LogP contribution in [0.4, 0.5) is 0 Å². The van der Waals surface area contributed by atoms with E-state index in [9.17, 15) is 8.42 Å². The van der Waals surface area contributed by atoms with E-state index in [0.29, 0.717) is 30.3 Å². The smallest absolute Gasteiger partial charge is 0.226 e. The molecule has 3 aromatic rings. The first kappa shape index (κ1) is 19.1. The molecule has 142 valence electrons. The standard InChI is InChI=1S/C20H22N2O4S/c1-14-6-4-5-7-16(14)9-11-20-21-19(22-26-20)13-15-8-10-18(27(3,23)24)17(12-15)25-2/h4-8,10,12H,9,11,13H2,1-3H3. The van der Waals surface area contributed by atoms with Gasteiger partial charge in [-0.25, -0.2) is 8.42 Å². The van der Waals surface area contributed by atoms with E-state index in [1.807, 2.05) is 12.1 Å². The van der Waals surface area contributed by atoms with E-state index in [1.54, 1.807) is 18.2 Å². The quantitative estimate of drug-likeness (QED) is 0.620. The minimum absolute atomic E-state index is 0.167. The van der Waals surface area contributed by atoms with Gasteiger partial charge in [0.1, 0.15) is 10.6 Å². The Balaban J connectivity index is 1.70. The lowest BCUT2D eigenvalue weighted by Gasteiger charge is -2.08. The van der Waals surface area contributed by atoms with Gasteiger partial charge < -0.3 is 9.26 Å². The highest BCUT2D eigenvalue weighted by atomic mass is 32.2. The van der Waals surface area contributed by atoms with E-state index >= 15 is 0 Å². The number of hydrogen-bond donors (Lipinski definition) is 0. The third kappa shape index (κ3) is 4.74. The number of rotatable bonds is 7. The maximum absolute atomic E-state index is 11.8. The third-order valence-corrected chi connectivity index (χ3v) is 5.51. The molecule has 0 saturated heterocycles. The molecular formula is C20H22N2O4S. The molecule has 0 bridgehead atoms. The van der Waals surface area contributed by atoms with Crippen molar-refractivity contribution in [2.45, 2.75) is 31.1 Å². The van der Waals surface area contributed by atoms with Crippen molar-refractivity contribution in [3.63, 3.8) is 0 Å². The minimum Gasteiger partial charge on any atom is -0.495 e. The Kier molecular flexibility index (Phi) is 5.60. The molecule has 2 aromatic carbocycles. The Morgan fingerprint density at radius 3 is 2.59 bits per heavy atom. The van der Waals surface area contributed by atoms with Gasteiger partial charge in [-0.2, -0.15) is 4.98 Å². The monoisotopic (exact) mass is 386 g/mol. The van der Waals surface area contributed by atoms with Gasteiger partial charge in [0.25, 0.3) is 0 Å². The van der Waals surface area contributed by atoms with Crippen LogP contribution in [0.1, 0.15) is 28.4 Å². The average Bonchev–Trinajstić information content (AvgIpc) is 3.07. The molecule has 0 N–H and O–H groups in total. The van der Waals surface area contributed by atoms with E-state index in [-0.39, 0.29) is 4.90 Å². The van der Waals surface area contributed by atoms with Crippen molar-refractivity contribution in [1.82, 2.24) is 10.1 Å². The topological polar surface area (TPSA) is 82.3 Å². The van der Waals surface area contributed by atoms with Gasteiger partial charge in [-0.1, -0.05) is 35.5 Å². The number of aromatic nitrogens is 2. The van der Waals surface area contributed by atoms with Gasteiger partial charge in [-0.05, 0) is 42.2 Å². The zero-order valence-corrected chi connectivity index (χ0v) is 16.4. The highest BCUT2D eigenvalue weighted by Crippen LogP contribution is 2.25. The summed E-state index contributed by atoms with van der Waals surface area (Å²) in [5.74, 6) is 1.47. The summed E-state index contributed by atoms with van der Waals surface area (Å²) in [6, 6.07) is 13.2. The zero-order chi connectivity index (χ0) is 19.4. The second-order valence-electron chi connectivity index (χ2n) is 6.46. The fourth-order valence-corrected chi connectivity index (χ4v) is 3.73. The summed E-state index contributed by atoms with van der Waals surface area (Å²) in [4.78, 5) is 4.61. The molecule has 0 amide bonds. The van der Waals surface area contributed by atoms with E-state index in [0.717, 1.165) is 18.2 Å². The Bertz CT molecular complexity index is 1040. The number of nitrogens with zero attached hydrogens (tertiary/aromatic N) is 2. The molecular weight excluding hydrogens is 364 g/mol. The first-order valence-electron chi connectivity index (χ1n) is 8.60. The molecule has 6 nitrogen and oxygen atoms in total. The van der Waals surface area contributed by atoms with Crippen molar-refractivity contribution in [2.24, 2.45) is 0 Å². The lowest BCUT2D eigenvalue weighted by atomic mass is 10.0. The average molecular weight is 386 g/mol. The predicted molar refractivity (Wildman–Crippen MR) is 102 cm³/mol. The minimum atomic E-state index is -3.34. The predicted octanol–water partition coefficient (Wildman–Crippen LogP) is 3.17. The van der Waals surface area contributed by atoms with Crippen LogP contribution in [0, 0.1) is 6.92 Å². The van der Waals surface area contributed by atoms with Gasteiger partial charge in [0, 0.05) is 19.1 Å². The lowest BCUT2D eigenvalue weighted by molar-refractivity contribution is 0.373. The van der Waals surface area contributed by atoms with E-state index in [1.165, 1.54) is 18.2 Å². The summed E-state index contributed by atoms with van der Waals surface area (Å²) in [6.07, 6.45) is 3.11. The number of methoxy groups -OCH3 is 1. The molecule has 7 heteroatoms. The lowest BCUT2D eigenvalue weighted by Crippen LogP contribution is -2.02. The highest BCUT2D eigenvalue weighted by molar-refractivity contribution is 7.90. The van der Waals surface area contributed by atoms with Crippen LogP contribution in [0.3, 0.4) is 0 Å². The third-order valence-electron chi connectivity index (χ3n) is 4.37. The molecule has 0 aliphatic heterocycles. The zero-order valence-electron chi connectivity index (χ0n) is 15.6. The molecule has 0 fully saturated rings. The van der Waals surface area contributed by atoms with Crippen molar-refractivity contribution < 1.29 is 17.7 Å². The van der Waals surface area contributed by atoms with Crippen LogP contribution in [0.25, 0.3) is 0 Å². The summed E-state index contributed by atoms with van der Waals surface area (Å²) >= 11 is 0. The van der Waals surface area contributed by atoms with Crippen LogP contribution < -0.4 is 4.74 Å². The van der Waals surface area contributed by atoms with Crippen molar-refractivity contribution >= 4 is 9.84 Å². The molecule has 0 atom stereocenters. The summed E-state index contributed by atoms with van der Waals surface area (Å²) in [5.41, 5.74) is 3.36. The van der Waals surface area contributed by atoms with Crippen molar-refractivity contribution in [3.8, 4) is 5.75 Å². The van der Waals surface area contributed by atoms with Crippen molar-refractivity contribution in [2.75, 3.05) is 13.4 Å². The molecule has 27 heavy (non-hydrogen) atoms. The fraction of sp³-hybridized carbons (Fsp3) is 0.300. The number of aryl methyl sites for hydroxylation is 3. The highest BCUT2D eigenvalue weighted by Gasteiger charge is 2.16. The number of sulfone groups is 1. The van der Waals surface area contributed by atoms with E-state index in [4.69, 9.17) is 9.26 Å². The van der Waals surface area contributed by atoms with Crippen molar-refractivity contribution in [3.05, 3.63) is 70.9 Å². The molecule has 1 aromatic heterocycles. The fourth-order valence-electron chi connectivity index (χ4n) is 2.91. The SMILES string of the molecule is COc1cc(Cc2noc(CCc3ccccc3C)n2)ccc1S(C)(=O)=O. The summed E-state index contributed by atoms with van der Waals surface area (Å²) in [6.45, 7) is 2.09. The first-order chi connectivity index (χ1) is 12.9. The normalized spacial score (nSPS) is 11.5. The van der Waals surface area contributed by atoms with Gasteiger partial charge in [-0.15, -0.1) is 0 Å². The summed E-state index contributed by atoms with van der Waals surface area (Å²) < 4.78 is 34.1. The van der Waals surface area contributed by atoms with Crippen LogP contribution >= 0.6 is 0 Å². The van der Waals surface area contributed by atoms with Crippen LogP contribution in [-0.4, -0.2) is 31.9 Å². The van der Waals surface area contributed by atoms with Gasteiger partial charge in [0.15, 0.2) is 15.7 Å². The number of ether oxygens (including phenoxy) is 1. The molecule has 0 aliphatic rings. The van der Waals surface area contributed by atoms with Crippen LogP contribution in [-0.2, 0) is 29.1 Å². The Labute approximate surface area is 159 Å². The van der Waals surface area contributed by atoms with Crippen LogP contribution in [0.15, 0.2) is 51.9 Å². The van der Waals surface area contributed by atoms with Gasteiger partial charge >= 0.3 is 0 Å². The molecule has 0 aliphatic carbocycles. The molecule has 0 unspecified atom stereocenters. The van der Waals surface area contributed by atoms with Crippen LogP contribution in [0.2, 0.25) is 0 Å².